The monoisotopic (exact) mass is 299 g/mol. The summed E-state index contributed by atoms with van der Waals surface area (Å²) in [5.74, 6) is 0. The number of benzene rings is 2. The van der Waals surface area contributed by atoms with E-state index < -0.39 is 0 Å². The highest BCUT2D eigenvalue weighted by Crippen LogP contribution is 2.27. The van der Waals surface area contributed by atoms with Crippen LogP contribution in [-0.2, 0) is 0 Å². The van der Waals surface area contributed by atoms with Gasteiger partial charge in [0, 0.05) is 30.2 Å². The van der Waals surface area contributed by atoms with Crippen LogP contribution in [0, 0.1) is 0 Å². The maximum atomic E-state index is 12.3. The van der Waals surface area contributed by atoms with E-state index in [1.165, 1.54) is 5.01 Å². The highest BCUT2D eigenvalue weighted by molar-refractivity contribution is 6.30. The molecule has 0 N–H and O–H groups in total. The van der Waals surface area contributed by atoms with Crippen molar-refractivity contribution in [1.82, 2.24) is 5.01 Å². The van der Waals surface area contributed by atoms with E-state index in [2.05, 4.69) is 5.10 Å². The number of halogens is 1. The molecule has 0 unspecified atom stereocenters. The van der Waals surface area contributed by atoms with Gasteiger partial charge in [-0.2, -0.15) is 5.10 Å². The Hall–Kier alpha value is -2.33. The number of hydrogen-bond donors (Lipinski definition) is 0. The summed E-state index contributed by atoms with van der Waals surface area (Å²) < 4.78 is 0. The van der Waals surface area contributed by atoms with Crippen LogP contribution in [0.15, 0.2) is 53.6 Å². The molecule has 0 spiro atoms. The number of urea groups is 1. The normalized spacial score (nSPS) is 14.6. The zero-order valence-corrected chi connectivity index (χ0v) is 12.5. The first-order valence-electron chi connectivity index (χ1n) is 6.53. The largest absolute Gasteiger partial charge is 0.344 e. The molecule has 2 amide bonds. The molecule has 0 saturated heterocycles. The summed E-state index contributed by atoms with van der Waals surface area (Å²) >= 11 is 5.95. The first-order valence-corrected chi connectivity index (χ1v) is 6.91. The van der Waals surface area contributed by atoms with Crippen molar-refractivity contribution < 1.29 is 4.79 Å². The predicted molar refractivity (Wildman–Crippen MR) is 85.1 cm³/mol. The van der Waals surface area contributed by atoms with Crippen molar-refractivity contribution in [3.63, 3.8) is 0 Å². The van der Waals surface area contributed by atoms with Gasteiger partial charge in [0.25, 0.3) is 0 Å². The van der Waals surface area contributed by atoms with Gasteiger partial charge < -0.3 is 0 Å². The average Bonchev–Trinajstić information content (AvgIpc) is 2.60. The van der Waals surface area contributed by atoms with Gasteiger partial charge in [-0.1, -0.05) is 41.9 Å². The Morgan fingerprint density at radius 1 is 1.00 bits per heavy atom. The van der Waals surface area contributed by atoms with Crippen LogP contribution in [0.2, 0.25) is 5.02 Å². The van der Waals surface area contributed by atoms with E-state index in [1.807, 2.05) is 48.5 Å². The first kappa shape index (κ1) is 13.6. The molecular formula is C16H14ClN3O. The van der Waals surface area contributed by atoms with E-state index in [-0.39, 0.29) is 6.03 Å². The van der Waals surface area contributed by atoms with Gasteiger partial charge >= 0.3 is 6.03 Å². The van der Waals surface area contributed by atoms with E-state index >= 15 is 0 Å². The van der Waals surface area contributed by atoms with Crippen molar-refractivity contribution in [3.05, 3.63) is 64.7 Å². The number of anilines is 1. The van der Waals surface area contributed by atoms with Crippen LogP contribution in [0.5, 0.6) is 0 Å². The van der Waals surface area contributed by atoms with Crippen molar-refractivity contribution >= 4 is 29.0 Å². The molecule has 0 radical (unpaired) electrons. The summed E-state index contributed by atoms with van der Waals surface area (Å²) in [5.41, 5.74) is 3.42. The molecule has 106 valence electrons. The van der Waals surface area contributed by atoms with E-state index in [9.17, 15) is 4.79 Å². The maximum Gasteiger partial charge on any atom is 0.344 e. The van der Waals surface area contributed by atoms with Gasteiger partial charge in [0.2, 0.25) is 0 Å². The Morgan fingerprint density at radius 3 is 2.38 bits per heavy atom. The van der Waals surface area contributed by atoms with E-state index in [0.29, 0.717) is 5.02 Å². The topological polar surface area (TPSA) is 35.9 Å². The third kappa shape index (κ3) is 2.38. The molecule has 2 aromatic rings. The number of fused-ring (bicyclic) bond motifs is 1. The smallest absolute Gasteiger partial charge is 0.295 e. The molecule has 1 aliphatic rings. The summed E-state index contributed by atoms with van der Waals surface area (Å²) in [6.45, 7) is 0. The van der Waals surface area contributed by atoms with Crippen LogP contribution in [0.25, 0.3) is 0 Å². The van der Waals surface area contributed by atoms with Crippen LogP contribution in [0.1, 0.15) is 11.1 Å². The maximum absolute atomic E-state index is 12.3. The van der Waals surface area contributed by atoms with Crippen LogP contribution in [0.4, 0.5) is 10.5 Å². The number of para-hydroxylation sites is 1. The zero-order valence-electron chi connectivity index (χ0n) is 11.7. The van der Waals surface area contributed by atoms with Gasteiger partial charge in [0.05, 0.1) is 5.69 Å². The van der Waals surface area contributed by atoms with Crippen molar-refractivity contribution in [1.29, 1.82) is 0 Å². The number of hydrazone groups is 1. The van der Waals surface area contributed by atoms with Gasteiger partial charge in [0.1, 0.15) is 5.71 Å². The summed E-state index contributed by atoms with van der Waals surface area (Å²) in [6.07, 6.45) is 0. The Kier molecular flexibility index (Phi) is 3.39. The Labute approximate surface area is 128 Å². The molecule has 0 aliphatic carbocycles. The number of amides is 2. The molecule has 0 fully saturated rings. The summed E-state index contributed by atoms with van der Waals surface area (Å²) in [7, 11) is 3.40. The fourth-order valence-corrected chi connectivity index (χ4v) is 2.48. The van der Waals surface area contributed by atoms with Gasteiger partial charge in [-0.25, -0.2) is 9.80 Å². The van der Waals surface area contributed by atoms with Gasteiger partial charge in [0.15, 0.2) is 0 Å². The fraction of sp³-hybridized carbons (Fsp3) is 0.125. The average molecular weight is 300 g/mol. The standard InChI is InChI=1S/C16H14ClN3O/c1-19-14-6-4-3-5-13(14)15(18-20(2)16(19)21)11-7-9-12(17)10-8-11/h3-10H,1-2H3. The minimum Gasteiger partial charge on any atom is -0.295 e. The molecule has 5 heteroatoms. The van der Waals surface area contributed by atoms with E-state index in [4.69, 9.17) is 11.6 Å². The number of hydrogen-bond acceptors (Lipinski definition) is 2. The number of carbonyl (C=O) groups excluding carboxylic acids is 1. The lowest BCUT2D eigenvalue weighted by molar-refractivity contribution is 0.219. The molecule has 2 aromatic carbocycles. The molecule has 0 atom stereocenters. The van der Waals surface area contributed by atoms with Gasteiger partial charge in [-0.3, -0.25) is 4.90 Å². The second kappa shape index (κ2) is 5.22. The van der Waals surface area contributed by atoms with Crippen molar-refractivity contribution in [2.75, 3.05) is 19.0 Å². The van der Waals surface area contributed by atoms with Crippen LogP contribution in [-0.4, -0.2) is 30.8 Å². The summed E-state index contributed by atoms with van der Waals surface area (Å²) in [6, 6.07) is 15.0. The van der Waals surface area contributed by atoms with Crippen LogP contribution >= 0.6 is 11.6 Å². The fourth-order valence-electron chi connectivity index (χ4n) is 2.35. The quantitative estimate of drug-likeness (QED) is 0.792. The lowest BCUT2D eigenvalue weighted by Gasteiger charge is -2.19. The Balaban J connectivity index is 2.22. The lowest BCUT2D eigenvalue weighted by Crippen LogP contribution is -2.34. The highest BCUT2D eigenvalue weighted by atomic mass is 35.5. The minimum absolute atomic E-state index is 0.175. The molecule has 1 heterocycles. The van der Waals surface area contributed by atoms with Crippen molar-refractivity contribution in [2.24, 2.45) is 5.10 Å². The van der Waals surface area contributed by atoms with Gasteiger partial charge in [-0.05, 0) is 18.2 Å². The third-order valence-corrected chi connectivity index (χ3v) is 3.70. The first-order chi connectivity index (χ1) is 10.1. The second-order valence-electron chi connectivity index (χ2n) is 4.84. The number of rotatable bonds is 1. The summed E-state index contributed by atoms with van der Waals surface area (Å²) in [5, 5.41) is 6.48. The minimum atomic E-state index is -0.175. The number of nitrogens with zero attached hydrogens (tertiary/aromatic N) is 3. The lowest BCUT2D eigenvalue weighted by atomic mass is 10.0. The molecule has 0 bridgehead atoms. The summed E-state index contributed by atoms with van der Waals surface area (Å²) in [4.78, 5) is 13.9. The Morgan fingerprint density at radius 2 is 1.67 bits per heavy atom. The molecule has 0 aromatic heterocycles. The molecule has 3 rings (SSSR count). The third-order valence-electron chi connectivity index (χ3n) is 3.45. The molecule has 21 heavy (non-hydrogen) atoms. The zero-order chi connectivity index (χ0) is 15.0. The molecule has 0 saturated carbocycles. The molecule has 1 aliphatic heterocycles. The number of carbonyl (C=O) groups is 1. The SMILES string of the molecule is CN1N=C(c2ccc(Cl)cc2)c2ccccc2N(C)C1=O. The van der Waals surface area contributed by atoms with Crippen LogP contribution < -0.4 is 4.90 Å². The molecular weight excluding hydrogens is 286 g/mol. The van der Waals surface area contributed by atoms with Gasteiger partial charge in [-0.15, -0.1) is 0 Å². The van der Waals surface area contributed by atoms with E-state index in [1.54, 1.807) is 19.0 Å². The predicted octanol–water partition coefficient (Wildman–Crippen LogP) is 3.59. The molecule has 4 nitrogen and oxygen atoms in total. The van der Waals surface area contributed by atoms with Crippen molar-refractivity contribution in [3.8, 4) is 0 Å². The highest BCUT2D eigenvalue weighted by Gasteiger charge is 2.25. The Bertz CT molecular complexity index is 725. The van der Waals surface area contributed by atoms with Crippen molar-refractivity contribution in [2.45, 2.75) is 0 Å². The second-order valence-corrected chi connectivity index (χ2v) is 5.27. The van der Waals surface area contributed by atoms with Crippen LogP contribution in [0.3, 0.4) is 0 Å². The van der Waals surface area contributed by atoms with E-state index in [0.717, 1.165) is 22.5 Å².